The van der Waals surface area contributed by atoms with Gasteiger partial charge in [-0.3, -0.25) is 4.79 Å². The number of amides is 1. The molecule has 0 bridgehead atoms. The van der Waals surface area contributed by atoms with Gasteiger partial charge in [0.15, 0.2) is 0 Å². The molecule has 104 valence electrons. The summed E-state index contributed by atoms with van der Waals surface area (Å²) in [7, 11) is 0. The number of aliphatic hydroxyl groups is 1. The summed E-state index contributed by atoms with van der Waals surface area (Å²) >= 11 is 0. The van der Waals surface area contributed by atoms with Crippen LogP contribution in [0, 0.1) is 17.8 Å². The highest BCUT2D eigenvalue weighted by molar-refractivity contribution is 5.79. The summed E-state index contributed by atoms with van der Waals surface area (Å²) in [5, 5.41) is 9.24. The van der Waals surface area contributed by atoms with Crippen LogP contribution in [0.3, 0.4) is 0 Å². The number of carbonyl (C=O) groups excluding carboxylic acids is 1. The minimum absolute atomic E-state index is 0.140. The summed E-state index contributed by atoms with van der Waals surface area (Å²) in [6.45, 7) is 2.44. The van der Waals surface area contributed by atoms with Gasteiger partial charge in [0.1, 0.15) is 0 Å². The van der Waals surface area contributed by atoms with Crippen LogP contribution in [0.2, 0.25) is 0 Å². The Morgan fingerprint density at radius 1 is 1.22 bits per heavy atom. The minimum atomic E-state index is 0.140. The lowest BCUT2D eigenvalue weighted by Gasteiger charge is -2.38. The molecule has 0 spiro atoms. The zero-order valence-electron chi connectivity index (χ0n) is 11.2. The smallest absolute Gasteiger partial charge is 0.226 e. The average Bonchev–Trinajstić information content (AvgIpc) is 2.46. The maximum atomic E-state index is 12.6. The van der Waals surface area contributed by atoms with Gasteiger partial charge >= 0.3 is 0 Å². The van der Waals surface area contributed by atoms with Crippen LogP contribution >= 0.6 is 0 Å². The molecule has 2 fully saturated rings. The van der Waals surface area contributed by atoms with Crippen LogP contribution in [-0.4, -0.2) is 42.2 Å². The molecule has 2 aliphatic rings. The van der Waals surface area contributed by atoms with E-state index in [4.69, 9.17) is 5.73 Å². The fraction of sp³-hybridized carbons (Fsp3) is 0.929. The first-order valence-electron chi connectivity index (χ1n) is 7.36. The first-order chi connectivity index (χ1) is 8.76. The van der Waals surface area contributed by atoms with E-state index in [1.165, 1.54) is 6.42 Å². The fourth-order valence-electron chi connectivity index (χ4n) is 3.46. The molecule has 1 heterocycles. The zero-order chi connectivity index (χ0) is 13.0. The van der Waals surface area contributed by atoms with Gasteiger partial charge in [-0.05, 0) is 44.1 Å². The van der Waals surface area contributed by atoms with Crippen LogP contribution in [0.15, 0.2) is 0 Å². The summed E-state index contributed by atoms with van der Waals surface area (Å²) in [4.78, 5) is 14.5. The standard InChI is InChI=1S/C14H26N2O2/c15-8-12-5-1-2-6-13(12)14(18)16-7-3-4-11(9-16)10-17/h11-13,17H,1-10,15H2. The Balaban J connectivity index is 1.96. The Morgan fingerprint density at radius 2 is 2.00 bits per heavy atom. The van der Waals surface area contributed by atoms with Crippen LogP contribution in [0.25, 0.3) is 0 Å². The van der Waals surface area contributed by atoms with Gasteiger partial charge in [-0.2, -0.15) is 0 Å². The summed E-state index contributed by atoms with van der Waals surface area (Å²) in [5.74, 6) is 1.09. The predicted octanol–water partition coefficient (Wildman–Crippen LogP) is 0.982. The summed E-state index contributed by atoms with van der Waals surface area (Å²) < 4.78 is 0. The van der Waals surface area contributed by atoms with Crippen molar-refractivity contribution in [1.29, 1.82) is 0 Å². The Bertz CT molecular complexity index is 283. The lowest BCUT2D eigenvalue weighted by Crippen LogP contribution is -2.47. The minimum Gasteiger partial charge on any atom is -0.396 e. The van der Waals surface area contributed by atoms with Crippen LogP contribution in [0.5, 0.6) is 0 Å². The molecular weight excluding hydrogens is 228 g/mol. The third-order valence-electron chi connectivity index (χ3n) is 4.62. The Hall–Kier alpha value is -0.610. The molecule has 1 saturated heterocycles. The van der Waals surface area contributed by atoms with E-state index in [0.29, 0.717) is 18.4 Å². The molecule has 4 heteroatoms. The SMILES string of the molecule is NCC1CCCCC1C(=O)N1CCCC(CO)C1. The topological polar surface area (TPSA) is 66.6 Å². The number of likely N-dealkylation sites (tertiary alicyclic amines) is 1. The van der Waals surface area contributed by atoms with Gasteiger partial charge in [-0.1, -0.05) is 12.8 Å². The van der Waals surface area contributed by atoms with E-state index in [-0.39, 0.29) is 18.4 Å². The lowest BCUT2D eigenvalue weighted by molar-refractivity contribution is -0.140. The third-order valence-corrected chi connectivity index (χ3v) is 4.62. The molecule has 3 atom stereocenters. The van der Waals surface area contributed by atoms with E-state index < -0.39 is 0 Å². The average molecular weight is 254 g/mol. The second-order valence-electron chi connectivity index (χ2n) is 5.86. The van der Waals surface area contributed by atoms with Gasteiger partial charge in [0.25, 0.3) is 0 Å². The maximum absolute atomic E-state index is 12.6. The monoisotopic (exact) mass is 254 g/mol. The van der Waals surface area contributed by atoms with E-state index >= 15 is 0 Å². The molecule has 1 aliphatic carbocycles. The van der Waals surface area contributed by atoms with E-state index in [2.05, 4.69) is 0 Å². The van der Waals surface area contributed by atoms with Crippen molar-refractivity contribution in [1.82, 2.24) is 4.90 Å². The number of rotatable bonds is 3. The first-order valence-corrected chi connectivity index (χ1v) is 7.36. The quantitative estimate of drug-likeness (QED) is 0.789. The highest BCUT2D eigenvalue weighted by Crippen LogP contribution is 2.31. The molecule has 4 nitrogen and oxygen atoms in total. The fourth-order valence-corrected chi connectivity index (χ4v) is 3.46. The van der Waals surface area contributed by atoms with Crippen molar-refractivity contribution in [3.8, 4) is 0 Å². The van der Waals surface area contributed by atoms with Crippen molar-refractivity contribution < 1.29 is 9.90 Å². The van der Waals surface area contributed by atoms with Crippen molar-refractivity contribution in [2.45, 2.75) is 38.5 Å². The molecule has 3 N–H and O–H groups in total. The van der Waals surface area contributed by atoms with Crippen LogP contribution in [-0.2, 0) is 4.79 Å². The molecular formula is C14H26N2O2. The van der Waals surface area contributed by atoms with Gasteiger partial charge < -0.3 is 15.7 Å². The molecule has 1 amide bonds. The second kappa shape index (κ2) is 6.53. The lowest BCUT2D eigenvalue weighted by atomic mass is 9.78. The molecule has 1 saturated carbocycles. The largest absolute Gasteiger partial charge is 0.396 e. The number of nitrogens with zero attached hydrogens (tertiary/aromatic N) is 1. The summed E-state index contributed by atoms with van der Waals surface area (Å²) in [5.41, 5.74) is 5.80. The first kappa shape index (κ1) is 13.8. The maximum Gasteiger partial charge on any atom is 0.226 e. The van der Waals surface area contributed by atoms with Crippen LogP contribution in [0.1, 0.15) is 38.5 Å². The number of hydrogen-bond acceptors (Lipinski definition) is 3. The zero-order valence-corrected chi connectivity index (χ0v) is 11.2. The van der Waals surface area contributed by atoms with Gasteiger partial charge in [-0.25, -0.2) is 0 Å². The number of carbonyl (C=O) groups is 1. The number of piperidine rings is 1. The van der Waals surface area contributed by atoms with Crippen molar-refractivity contribution in [2.24, 2.45) is 23.5 Å². The molecule has 1 aliphatic heterocycles. The van der Waals surface area contributed by atoms with E-state index in [0.717, 1.165) is 45.2 Å². The van der Waals surface area contributed by atoms with Crippen LogP contribution < -0.4 is 5.73 Å². The molecule has 0 aromatic rings. The third kappa shape index (κ3) is 3.04. The molecule has 0 aromatic carbocycles. The number of nitrogens with two attached hydrogens (primary N) is 1. The van der Waals surface area contributed by atoms with E-state index in [1.807, 2.05) is 4.90 Å². The van der Waals surface area contributed by atoms with Crippen molar-refractivity contribution in [3.63, 3.8) is 0 Å². The predicted molar refractivity (Wildman–Crippen MR) is 70.9 cm³/mol. The van der Waals surface area contributed by atoms with Crippen molar-refractivity contribution in [2.75, 3.05) is 26.2 Å². The normalized spacial score (nSPS) is 33.4. The molecule has 3 unspecified atom stereocenters. The molecule has 18 heavy (non-hydrogen) atoms. The Kier molecular flexibility index (Phi) is 5.01. The molecule has 0 radical (unpaired) electrons. The number of hydrogen-bond donors (Lipinski definition) is 2. The van der Waals surface area contributed by atoms with Gasteiger partial charge in [0, 0.05) is 25.6 Å². The van der Waals surface area contributed by atoms with Gasteiger partial charge in [0.2, 0.25) is 5.91 Å². The van der Waals surface area contributed by atoms with Gasteiger partial charge in [-0.15, -0.1) is 0 Å². The highest BCUT2D eigenvalue weighted by Gasteiger charge is 2.34. The number of aliphatic hydroxyl groups excluding tert-OH is 1. The van der Waals surface area contributed by atoms with Crippen molar-refractivity contribution in [3.05, 3.63) is 0 Å². The molecule has 0 aromatic heterocycles. The second-order valence-corrected chi connectivity index (χ2v) is 5.86. The summed E-state index contributed by atoms with van der Waals surface area (Å²) in [6.07, 6.45) is 6.54. The highest BCUT2D eigenvalue weighted by atomic mass is 16.3. The summed E-state index contributed by atoms with van der Waals surface area (Å²) in [6, 6.07) is 0. The van der Waals surface area contributed by atoms with Crippen molar-refractivity contribution >= 4 is 5.91 Å². The van der Waals surface area contributed by atoms with E-state index in [9.17, 15) is 9.90 Å². The van der Waals surface area contributed by atoms with E-state index in [1.54, 1.807) is 0 Å². The van der Waals surface area contributed by atoms with Gasteiger partial charge in [0.05, 0.1) is 0 Å². The Labute approximate surface area is 110 Å². The van der Waals surface area contributed by atoms with Crippen LogP contribution in [0.4, 0.5) is 0 Å². The molecule has 2 rings (SSSR count). The Morgan fingerprint density at radius 3 is 2.72 bits per heavy atom.